The summed E-state index contributed by atoms with van der Waals surface area (Å²) in [6, 6.07) is 3.79. The van der Waals surface area contributed by atoms with Crippen LogP contribution >= 0.6 is 11.3 Å². The normalized spacial score (nSPS) is 15.7. The Labute approximate surface area is 125 Å². The Kier molecular flexibility index (Phi) is 3.51. The molecule has 1 aliphatic rings. The summed E-state index contributed by atoms with van der Waals surface area (Å²) in [6.07, 6.45) is 1.93. The predicted molar refractivity (Wildman–Crippen MR) is 76.2 cm³/mol. The van der Waals surface area contributed by atoms with Crippen LogP contribution in [0.4, 0.5) is 5.13 Å². The number of hydrogen-bond acceptors (Lipinski definition) is 6. The van der Waals surface area contributed by atoms with E-state index in [1.807, 2.05) is 22.9 Å². The maximum atomic E-state index is 12.5. The standard InChI is InChI=1S/C11H13N5O3S2/c1-8(17)12-10-13-14-11(20-10)21(18,19)16-6-5-15-4-2-3-9(15)7-16/h2-4H,5-7H2,1H3,(H,12,13,17). The first-order chi connectivity index (χ1) is 9.96. The molecular weight excluding hydrogens is 314 g/mol. The Morgan fingerprint density at radius 3 is 2.95 bits per heavy atom. The van der Waals surface area contributed by atoms with Crippen molar-refractivity contribution in [2.75, 3.05) is 11.9 Å². The van der Waals surface area contributed by atoms with Gasteiger partial charge < -0.3 is 9.88 Å². The molecule has 0 unspecified atom stereocenters. The van der Waals surface area contributed by atoms with E-state index in [2.05, 4.69) is 15.5 Å². The topological polar surface area (TPSA) is 97.2 Å². The average Bonchev–Trinajstić information content (AvgIpc) is 3.05. The maximum absolute atomic E-state index is 12.5. The quantitative estimate of drug-likeness (QED) is 0.828. The Hall–Kier alpha value is -1.78. The molecule has 0 saturated carbocycles. The van der Waals surface area contributed by atoms with Gasteiger partial charge in [0.2, 0.25) is 15.4 Å². The molecule has 3 rings (SSSR count). The van der Waals surface area contributed by atoms with Gasteiger partial charge >= 0.3 is 0 Å². The fourth-order valence-corrected chi connectivity index (χ4v) is 4.61. The van der Waals surface area contributed by atoms with E-state index in [1.54, 1.807) is 0 Å². The minimum absolute atomic E-state index is 0.105. The summed E-state index contributed by atoms with van der Waals surface area (Å²) >= 11 is 0.855. The molecule has 0 radical (unpaired) electrons. The lowest BCUT2D eigenvalue weighted by atomic mass is 10.3. The smallest absolute Gasteiger partial charge is 0.272 e. The van der Waals surface area contributed by atoms with Crippen molar-refractivity contribution in [3.05, 3.63) is 24.0 Å². The Morgan fingerprint density at radius 1 is 1.38 bits per heavy atom. The first-order valence-electron chi connectivity index (χ1n) is 6.22. The highest BCUT2D eigenvalue weighted by Crippen LogP contribution is 2.26. The van der Waals surface area contributed by atoms with Gasteiger partial charge in [0.15, 0.2) is 0 Å². The largest absolute Gasteiger partial charge is 0.349 e. The highest BCUT2D eigenvalue weighted by Gasteiger charge is 2.31. The lowest BCUT2D eigenvalue weighted by Gasteiger charge is -2.26. The molecule has 2 aromatic heterocycles. The molecule has 0 spiro atoms. The van der Waals surface area contributed by atoms with Crippen molar-refractivity contribution in [1.29, 1.82) is 0 Å². The van der Waals surface area contributed by atoms with E-state index in [4.69, 9.17) is 0 Å². The zero-order valence-electron chi connectivity index (χ0n) is 11.2. The van der Waals surface area contributed by atoms with Crippen LogP contribution in [-0.2, 0) is 27.9 Å². The number of aromatic nitrogens is 3. The van der Waals surface area contributed by atoms with E-state index in [0.29, 0.717) is 19.6 Å². The van der Waals surface area contributed by atoms with Crippen molar-refractivity contribution in [2.45, 2.75) is 24.4 Å². The van der Waals surface area contributed by atoms with E-state index < -0.39 is 10.0 Å². The second kappa shape index (κ2) is 5.20. The number of amides is 1. The maximum Gasteiger partial charge on any atom is 0.272 e. The van der Waals surface area contributed by atoms with Crippen LogP contribution in [0.25, 0.3) is 0 Å². The molecule has 21 heavy (non-hydrogen) atoms. The second-order valence-electron chi connectivity index (χ2n) is 4.59. The molecule has 1 N–H and O–H groups in total. The number of carbonyl (C=O) groups is 1. The summed E-state index contributed by atoms with van der Waals surface area (Å²) < 4.78 is 28.4. The molecule has 0 fully saturated rings. The highest BCUT2D eigenvalue weighted by molar-refractivity contribution is 7.91. The van der Waals surface area contributed by atoms with Gasteiger partial charge in [-0.15, -0.1) is 10.2 Å². The SMILES string of the molecule is CC(=O)Nc1nnc(S(=O)(=O)N2CCn3cccc3C2)s1. The summed E-state index contributed by atoms with van der Waals surface area (Å²) in [5, 5.41) is 9.97. The van der Waals surface area contributed by atoms with Crippen LogP contribution in [0.2, 0.25) is 0 Å². The molecule has 0 bridgehead atoms. The number of anilines is 1. The Morgan fingerprint density at radius 2 is 2.19 bits per heavy atom. The molecule has 0 aliphatic carbocycles. The average molecular weight is 327 g/mol. The molecule has 2 aromatic rings. The number of rotatable bonds is 3. The summed E-state index contributed by atoms with van der Waals surface area (Å²) in [5.74, 6) is -0.314. The first-order valence-corrected chi connectivity index (χ1v) is 8.48. The van der Waals surface area contributed by atoms with Crippen LogP contribution in [0.1, 0.15) is 12.6 Å². The van der Waals surface area contributed by atoms with Crippen LogP contribution in [0.15, 0.2) is 22.7 Å². The van der Waals surface area contributed by atoms with Crippen LogP contribution in [-0.4, -0.2) is 39.9 Å². The van der Waals surface area contributed by atoms with Crippen molar-refractivity contribution in [1.82, 2.24) is 19.1 Å². The van der Waals surface area contributed by atoms with Crippen LogP contribution < -0.4 is 5.32 Å². The van der Waals surface area contributed by atoms with Crippen LogP contribution in [0.3, 0.4) is 0 Å². The predicted octanol–water partition coefficient (Wildman–Crippen LogP) is 0.502. The van der Waals surface area contributed by atoms with Gasteiger partial charge in [0, 0.05) is 31.9 Å². The molecule has 112 valence electrons. The van der Waals surface area contributed by atoms with Crippen LogP contribution in [0.5, 0.6) is 0 Å². The summed E-state index contributed by atoms with van der Waals surface area (Å²) in [4.78, 5) is 10.9. The van der Waals surface area contributed by atoms with E-state index in [-0.39, 0.29) is 15.4 Å². The third kappa shape index (κ3) is 2.69. The summed E-state index contributed by atoms with van der Waals surface area (Å²) in [7, 11) is -3.68. The van der Waals surface area contributed by atoms with Gasteiger partial charge in [-0.25, -0.2) is 8.42 Å². The number of hydrogen-bond donors (Lipinski definition) is 1. The van der Waals surface area contributed by atoms with E-state index >= 15 is 0 Å². The fourth-order valence-electron chi connectivity index (χ4n) is 2.12. The first kappa shape index (κ1) is 14.2. The molecule has 0 atom stereocenters. The lowest BCUT2D eigenvalue weighted by molar-refractivity contribution is -0.114. The van der Waals surface area contributed by atoms with E-state index in [1.165, 1.54) is 11.2 Å². The van der Waals surface area contributed by atoms with E-state index in [0.717, 1.165) is 17.0 Å². The third-order valence-electron chi connectivity index (χ3n) is 3.10. The number of nitrogens with zero attached hydrogens (tertiary/aromatic N) is 4. The molecule has 0 saturated heterocycles. The van der Waals surface area contributed by atoms with E-state index in [9.17, 15) is 13.2 Å². The molecule has 1 aliphatic heterocycles. The van der Waals surface area contributed by atoms with Crippen molar-refractivity contribution in [3.63, 3.8) is 0 Å². The molecule has 1 amide bonds. The Bertz CT molecular complexity index is 779. The minimum atomic E-state index is -3.68. The zero-order chi connectivity index (χ0) is 15.0. The summed E-state index contributed by atoms with van der Waals surface area (Å²) in [6.45, 7) is 2.64. The van der Waals surface area contributed by atoms with Gasteiger partial charge in [-0.1, -0.05) is 11.3 Å². The van der Waals surface area contributed by atoms with Gasteiger partial charge in [0.1, 0.15) is 0 Å². The van der Waals surface area contributed by atoms with Gasteiger partial charge in [0.05, 0.1) is 6.54 Å². The van der Waals surface area contributed by atoms with Crippen molar-refractivity contribution in [2.24, 2.45) is 0 Å². The van der Waals surface area contributed by atoms with Gasteiger partial charge in [0.25, 0.3) is 10.0 Å². The second-order valence-corrected chi connectivity index (χ2v) is 7.67. The number of fused-ring (bicyclic) bond motifs is 1. The molecule has 10 heteroatoms. The molecular formula is C11H13N5O3S2. The van der Waals surface area contributed by atoms with Crippen molar-refractivity contribution >= 4 is 32.4 Å². The molecule has 8 nitrogen and oxygen atoms in total. The lowest BCUT2D eigenvalue weighted by Crippen LogP contribution is -2.37. The zero-order valence-corrected chi connectivity index (χ0v) is 12.8. The van der Waals surface area contributed by atoms with Crippen molar-refractivity contribution < 1.29 is 13.2 Å². The Balaban J connectivity index is 1.84. The van der Waals surface area contributed by atoms with Crippen LogP contribution in [0, 0.1) is 0 Å². The van der Waals surface area contributed by atoms with Gasteiger partial charge in [-0.3, -0.25) is 4.79 Å². The molecule has 3 heterocycles. The summed E-state index contributed by atoms with van der Waals surface area (Å²) in [5.41, 5.74) is 0.941. The fraction of sp³-hybridized carbons (Fsp3) is 0.364. The number of nitrogens with one attached hydrogen (secondary N) is 1. The van der Waals surface area contributed by atoms with Gasteiger partial charge in [-0.05, 0) is 12.1 Å². The minimum Gasteiger partial charge on any atom is -0.349 e. The molecule has 0 aromatic carbocycles. The monoisotopic (exact) mass is 327 g/mol. The number of sulfonamides is 1. The third-order valence-corrected chi connectivity index (χ3v) is 6.13. The van der Waals surface area contributed by atoms with Crippen molar-refractivity contribution in [3.8, 4) is 0 Å². The highest BCUT2D eigenvalue weighted by atomic mass is 32.2. The van der Waals surface area contributed by atoms with Gasteiger partial charge in [-0.2, -0.15) is 4.31 Å². The number of carbonyl (C=O) groups excluding carboxylic acids is 1.